The number of aromatic nitrogens is 3. The number of para-hydroxylation sites is 1. The summed E-state index contributed by atoms with van der Waals surface area (Å²) in [5, 5.41) is 4.53. The van der Waals surface area contributed by atoms with Crippen LogP contribution in [0.1, 0.15) is 5.56 Å². The molecule has 0 aliphatic rings. The molecule has 2 aromatic heterocycles. The Kier molecular flexibility index (Phi) is 4.25. The molecule has 0 spiro atoms. The van der Waals surface area contributed by atoms with Crippen LogP contribution in [-0.2, 0) is 6.61 Å². The second-order valence-corrected chi connectivity index (χ2v) is 5.59. The van der Waals surface area contributed by atoms with Gasteiger partial charge in [0.1, 0.15) is 12.3 Å². The molecule has 0 unspecified atom stereocenters. The van der Waals surface area contributed by atoms with Crippen LogP contribution in [0.4, 0.5) is 0 Å². The van der Waals surface area contributed by atoms with Crippen molar-refractivity contribution in [2.24, 2.45) is 0 Å². The smallest absolute Gasteiger partial charge is 0.167 e. The topological polar surface area (TPSA) is 39.9 Å². The predicted molar refractivity (Wildman–Crippen MR) is 97.6 cm³/mol. The van der Waals surface area contributed by atoms with E-state index in [1.807, 2.05) is 83.5 Å². The number of nitrogens with zero attached hydrogens (tertiary/aromatic N) is 3. The first-order chi connectivity index (χ1) is 12.4. The second-order valence-electron chi connectivity index (χ2n) is 5.59. The highest BCUT2D eigenvalue weighted by molar-refractivity contribution is 5.65. The Morgan fingerprint density at radius 2 is 1.52 bits per heavy atom. The SMILES string of the molecule is c1ccc(COc2cnn(-c3ccccc3)c2-c2ccccn2)cc1. The summed E-state index contributed by atoms with van der Waals surface area (Å²) in [6.45, 7) is 0.487. The normalized spacial score (nSPS) is 10.6. The summed E-state index contributed by atoms with van der Waals surface area (Å²) < 4.78 is 7.92. The predicted octanol–water partition coefficient (Wildman–Crippen LogP) is 4.51. The molecule has 0 atom stereocenters. The van der Waals surface area contributed by atoms with Gasteiger partial charge in [-0.15, -0.1) is 0 Å². The van der Waals surface area contributed by atoms with E-state index in [0.29, 0.717) is 12.4 Å². The van der Waals surface area contributed by atoms with E-state index in [2.05, 4.69) is 10.1 Å². The average molecular weight is 327 g/mol. The lowest BCUT2D eigenvalue weighted by molar-refractivity contribution is 0.307. The van der Waals surface area contributed by atoms with Crippen molar-refractivity contribution in [3.8, 4) is 22.8 Å². The summed E-state index contributed by atoms with van der Waals surface area (Å²) in [5.74, 6) is 0.714. The molecule has 0 N–H and O–H groups in total. The Labute approximate surface area is 146 Å². The van der Waals surface area contributed by atoms with Gasteiger partial charge in [-0.3, -0.25) is 4.98 Å². The van der Waals surface area contributed by atoms with Crippen LogP contribution >= 0.6 is 0 Å². The van der Waals surface area contributed by atoms with E-state index < -0.39 is 0 Å². The van der Waals surface area contributed by atoms with Crippen molar-refractivity contribution in [2.45, 2.75) is 6.61 Å². The van der Waals surface area contributed by atoms with Crippen molar-refractivity contribution in [1.29, 1.82) is 0 Å². The van der Waals surface area contributed by atoms with E-state index in [-0.39, 0.29) is 0 Å². The van der Waals surface area contributed by atoms with Crippen LogP contribution in [0.25, 0.3) is 17.1 Å². The standard InChI is InChI=1S/C21H17N3O/c1-3-9-17(10-4-1)16-25-20-15-23-24(18-11-5-2-6-12-18)21(20)19-13-7-8-14-22-19/h1-15H,16H2. The fourth-order valence-electron chi connectivity index (χ4n) is 2.68. The van der Waals surface area contributed by atoms with E-state index in [4.69, 9.17) is 4.74 Å². The van der Waals surface area contributed by atoms with E-state index in [1.54, 1.807) is 12.4 Å². The fourth-order valence-corrected chi connectivity index (χ4v) is 2.68. The molecule has 0 saturated carbocycles. The molecule has 0 fully saturated rings. The molecule has 0 saturated heterocycles. The van der Waals surface area contributed by atoms with Crippen molar-refractivity contribution >= 4 is 0 Å². The molecule has 4 nitrogen and oxygen atoms in total. The zero-order chi connectivity index (χ0) is 16.9. The molecule has 0 radical (unpaired) electrons. The van der Waals surface area contributed by atoms with Gasteiger partial charge in [0.25, 0.3) is 0 Å². The minimum absolute atomic E-state index is 0.487. The van der Waals surface area contributed by atoms with Gasteiger partial charge >= 0.3 is 0 Å². The highest BCUT2D eigenvalue weighted by Gasteiger charge is 2.16. The summed E-state index contributed by atoms with van der Waals surface area (Å²) in [6, 6.07) is 25.9. The van der Waals surface area contributed by atoms with Gasteiger partial charge in [-0.25, -0.2) is 4.68 Å². The molecule has 2 aromatic carbocycles. The van der Waals surface area contributed by atoms with E-state index in [1.165, 1.54) is 0 Å². The van der Waals surface area contributed by atoms with E-state index in [0.717, 1.165) is 22.6 Å². The Hall–Kier alpha value is -3.40. The van der Waals surface area contributed by atoms with Gasteiger partial charge in [0.2, 0.25) is 0 Å². The lowest BCUT2D eigenvalue weighted by atomic mass is 10.2. The van der Waals surface area contributed by atoms with Gasteiger partial charge in [0, 0.05) is 6.20 Å². The summed E-state index contributed by atoms with van der Waals surface area (Å²) in [4.78, 5) is 4.48. The van der Waals surface area contributed by atoms with Crippen LogP contribution in [0.3, 0.4) is 0 Å². The van der Waals surface area contributed by atoms with E-state index >= 15 is 0 Å². The molecule has 4 aromatic rings. The third kappa shape index (κ3) is 3.28. The van der Waals surface area contributed by atoms with Crippen LogP contribution in [0.15, 0.2) is 91.3 Å². The number of ether oxygens (including phenoxy) is 1. The number of hydrogen-bond donors (Lipinski definition) is 0. The highest BCUT2D eigenvalue weighted by atomic mass is 16.5. The molecule has 0 aliphatic heterocycles. The molecule has 122 valence electrons. The summed E-state index contributed by atoms with van der Waals surface area (Å²) in [7, 11) is 0. The maximum Gasteiger partial charge on any atom is 0.167 e. The van der Waals surface area contributed by atoms with Crippen LogP contribution in [0.5, 0.6) is 5.75 Å². The van der Waals surface area contributed by atoms with Crippen molar-refractivity contribution in [1.82, 2.24) is 14.8 Å². The van der Waals surface area contributed by atoms with Gasteiger partial charge in [-0.2, -0.15) is 5.10 Å². The van der Waals surface area contributed by atoms with Crippen molar-refractivity contribution in [3.05, 3.63) is 96.8 Å². The average Bonchev–Trinajstić information content (AvgIpc) is 3.12. The van der Waals surface area contributed by atoms with Crippen molar-refractivity contribution in [3.63, 3.8) is 0 Å². The van der Waals surface area contributed by atoms with Gasteiger partial charge in [0.15, 0.2) is 5.75 Å². The van der Waals surface area contributed by atoms with Gasteiger partial charge in [-0.1, -0.05) is 54.6 Å². The first-order valence-electron chi connectivity index (χ1n) is 8.13. The Bertz CT molecular complexity index is 935. The number of benzene rings is 2. The molecule has 25 heavy (non-hydrogen) atoms. The molecular formula is C21H17N3O. The number of hydrogen-bond acceptors (Lipinski definition) is 3. The van der Waals surface area contributed by atoms with Gasteiger partial charge in [0.05, 0.1) is 17.6 Å². The quantitative estimate of drug-likeness (QED) is 0.541. The molecular weight excluding hydrogens is 310 g/mol. The number of pyridine rings is 1. The van der Waals surface area contributed by atoms with E-state index in [9.17, 15) is 0 Å². The van der Waals surface area contributed by atoms with Crippen LogP contribution in [-0.4, -0.2) is 14.8 Å². The van der Waals surface area contributed by atoms with Crippen molar-refractivity contribution < 1.29 is 4.74 Å². The van der Waals surface area contributed by atoms with Crippen LogP contribution in [0, 0.1) is 0 Å². The second kappa shape index (κ2) is 7.01. The van der Waals surface area contributed by atoms with Gasteiger partial charge in [-0.05, 0) is 29.8 Å². The van der Waals surface area contributed by atoms with Crippen LogP contribution < -0.4 is 4.74 Å². The van der Waals surface area contributed by atoms with Crippen LogP contribution in [0.2, 0.25) is 0 Å². The summed E-state index contributed by atoms with van der Waals surface area (Å²) >= 11 is 0. The molecule has 4 heteroatoms. The molecule has 4 rings (SSSR count). The Morgan fingerprint density at radius 3 is 2.24 bits per heavy atom. The lowest BCUT2D eigenvalue weighted by Gasteiger charge is -2.10. The van der Waals surface area contributed by atoms with Gasteiger partial charge < -0.3 is 4.74 Å². The largest absolute Gasteiger partial charge is 0.485 e. The maximum absolute atomic E-state index is 6.06. The molecule has 0 aliphatic carbocycles. The third-order valence-electron chi connectivity index (χ3n) is 3.88. The third-order valence-corrected chi connectivity index (χ3v) is 3.88. The lowest BCUT2D eigenvalue weighted by Crippen LogP contribution is -2.01. The maximum atomic E-state index is 6.06. The minimum Gasteiger partial charge on any atom is -0.485 e. The molecule has 0 amide bonds. The molecule has 0 bridgehead atoms. The zero-order valence-corrected chi connectivity index (χ0v) is 13.6. The summed E-state index contributed by atoms with van der Waals surface area (Å²) in [5.41, 5.74) is 3.76. The summed E-state index contributed by atoms with van der Waals surface area (Å²) in [6.07, 6.45) is 3.53. The zero-order valence-electron chi connectivity index (χ0n) is 13.6. The number of rotatable bonds is 5. The first kappa shape index (κ1) is 15.1. The monoisotopic (exact) mass is 327 g/mol. The van der Waals surface area contributed by atoms with Crippen molar-refractivity contribution in [2.75, 3.05) is 0 Å². The molecule has 2 heterocycles. The Morgan fingerprint density at radius 1 is 0.800 bits per heavy atom. The Balaban J connectivity index is 1.73. The highest BCUT2D eigenvalue weighted by Crippen LogP contribution is 2.31. The minimum atomic E-state index is 0.487. The first-order valence-corrected chi connectivity index (χ1v) is 8.13. The fraction of sp³-hybridized carbons (Fsp3) is 0.0476.